The predicted octanol–water partition coefficient (Wildman–Crippen LogP) is 3.33. The van der Waals surface area contributed by atoms with Crippen molar-refractivity contribution in [1.29, 1.82) is 0 Å². The molecule has 0 saturated carbocycles. The maximum absolute atomic E-state index is 12.1. The Labute approximate surface area is 153 Å². The fourth-order valence-electron chi connectivity index (χ4n) is 3.58. The van der Waals surface area contributed by atoms with Crippen LogP contribution in [-0.4, -0.2) is 18.3 Å². The van der Waals surface area contributed by atoms with E-state index in [0.29, 0.717) is 18.7 Å². The quantitative estimate of drug-likeness (QED) is 0.636. The molecule has 1 aliphatic rings. The average Bonchev–Trinajstić information content (AvgIpc) is 2.83. The molecule has 0 atom stereocenters. The fraction of sp³-hybridized carbons (Fsp3) is 0.429. The van der Waals surface area contributed by atoms with Crippen LogP contribution >= 0.6 is 0 Å². The van der Waals surface area contributed by atoms with Crippen LogP contribution in [0.3, 0.4) is 0 Å². The van der Waals surface area contributed by atoms with Crippen molar-refractivity contribution >= 4 is 11.8 Å². The molecule has 0 fully saturated rings. The van der Waals surface area contributed by atoms with E-state index in [4.69, 9.17) is 4.74 Å². The van der Waals surface area contributed by atoms with Gasteiger partial charge in [0, 0.05) is 23.3 Å². The Morgan fingerprint density at radius 2 is 1.92 bits per heavy atom. The van der Waals surface area contributed by atoms with Gasteiger partial charge in [0.25, 0.3) is 5.43 Å². The molecule has 26 heavy (non-hydrogen) atoms. The molecule has 0 radical (unpaired) electrons. The van der Waals surface area contributed by atoms with Gasteiger partial charge in [0.2, 0.25) is 5.43 Å². The number of phenols is 1. The van der Waals surface area contributed by atoms with Crippen molar-refractivity contribution in [2.24, 2.45) is 0 Å². The number of aromatic hydroxyl groups is 1. The van der Waals surface area contributed by atoms with Crippen molar-refractivity contribution < 1.29 is 9.84 Å². The van der Waals surface area contributed by atoms with Crippen molar-refractivity contribution in [3.63, 3.8) is 0 Å². The average molecular weight is 355 g/mol. The molecule has 1 aliphatic heterocycles. The van der Waals surface area contributed by atoms with Crippen LogP contribution in [0.5, 0.6) is 11.5 Å². The zero-order valence-electron chi connectivity index (χ0n) is 15.8. The number of ether oxygens (including phenoxy) is 1. The Bertz CT molecular complexity index is 932. The zero-order valence-corrected chi connectivity index (χ0v) is 15.8. The van der Waals surface area contributed by atoms with Gasteiger partial charge >= 0.3 is 0 Å². The lowest BCUT2D eigenvalue weighted by atomic mass is 9.83. The molecule has 0 bridgehead atoms. The minimum atomic E-state index is -0.540. The van der Waals surface area contributed by atoms with Crippen LogP contribution in [-0.2, 0) is 5.41 Å². The molecule has 0 spiro atoms. The lowest BCUT2D eigenvalue weighted by molar-refractivity contribution is 0.302. The lowest BCUT2D eigenvalue weighted by Crippen LogP contribution is -2.36. The van der Waals surface area contributed by atoms with E-state index in [9.17, 15) is 14.7 Å². The normalized spacial score (nSPS) is 17.1. The van der Waals surface area contributed by atoms with Gasteiger partial charge in [0.15, 0.2) is 5.75 Å². The third-order valence-corrected chi connectivity index (χ3v) is 5.12. The molecule has 5 nitrogen and oxygen atoms in total. The Balaban J connectivity index is 2.06. The highest BCUT2D eigenvalue weighted by molar-refractivity contribution is 5.78. The van der Waals surface area contributed by atoms with E-state index >= 15 is 0 Å². The summed E-state index contributed by atoms with van der Waals surface area (Å²) in [6.07, 6.45) is 3.58. The standard InChI is InChI=1S/C21H25NO4/c1-5-7-10-26-20-14(18(24)19(20)25)12-17-21(3,4)15-11-13(23)8-9-16(15)22(17)6-2/h8-9,11-12,23H,5-7,10H2,1-4H3. The SMILES string of the molecule is CCCCOc1c(C=C2N(CC)c3ccc(O)cc3C2(C)C)c(=O)c1=O. The van der Waals surface area contributed by atoms with Crippen molar-refractivity contribution in [2.75, 3.05) is 18.1 Å². The molecule has 0 aromatic heterocycles. The number of hydrogen-bond acceptors (Lipinski definition) is 5. The molecule has 138 valence electrons. The first-order chi connectivity index (χ1) is 12.3. The highest BCUT2D eigenvalue weighted by Crippen LogP contribution is 2.49. The Hall–Kier alpha value is -2.56. The minimum absolute atomic E-state index is 0.182. The van der Waals surface area contributed by atoms with Gasteiger partial charge in [0.1, 0.15) is 5.75 Å². The summed E-state index contributed by atoms with van der Waals surface area (Å²) < 4.78 is 5.56. The molecule has 2 aromatic rings. The molecular weight excluding hydrogens is 330 g/mol. The lowest BCUT2D eigenvalue weighted by Gasteiger charge is -2.26. The highest BCUT2D eigenvalue weighted by atomic mass is 16.5. The van der Waals surface area contributed by atoms with Gasteiger partial charge in [-0.2, -0.15) is 0 Å². The Kier molecular flexibility index (Phi) is 4.65. The maximum atomic E-state index is 12.1. The fourth-order valence-corrected chi connectivity index (χ4v) is 3.58. The second-order valence-corrected chi connectivity index (χ2v) is 7.20. The van der Waals surface area contributed by atoms with E-state index in [2.05, 4.69) is 18.7 Å². The number of nitrogens with zero attached hydrogens (tertiary/aromatic N) is 1. The van der Waals surface area contributed by atoms with Crippen LogP contribution in [0, 0.1) is 0 Å². The van der Waals surface area contributed by atoms with Gasteiger partial charge < -0.3 is 14.7 Å². The van der Waals surface area contributed by atoms with Crippen molar-refractivity contribution in [2.45, 2.75) is 46.0 Å². The van der Waals surface area contributed by atoms with E-state index in [1.165, 1.54) is 0 Å². The number of rotatable bonds is 6. The number of hydrogen-bond donors (Lipinski definition) is 1. The molecule has 0 aliphatic carbocycles. The van der Waals surface area contributed by atoms with Gasteiger partial charge in [-0.05, 0) is 43.2 Å². The van der Waals surface area contributed by atoms with Gasteiger partial charge in [-0.15, -0.1) is 0 Å². The number of unbranched alkanes of at least 4 members (excludes halogenated alkanes) is 1. The van der Waals surface area contributed by atoms with Gasteiger partial charge in [-0.25, -0.2) is 0 Å². The molecule has 1 heterocycles. The number of anilines is 1. The van der Waals surface area contributed by atoms with E-state index in [1.807, 2.05) is 19.9 Å². The maximum Gasteiger partial charge on any atom is 0.268 e. The number of phenolic OH excluding ortho intramolecular Hbond substituents is 1. The van der Waals surface area contributed by atoms with Crippen LogP contribution in [0.4, 0.5) is 5.69 Å². The first kappa shape index (κ1) is 18.2. The zero-order chi connectivity index (χ0) is 19.1. The summed E-state index contributed by atoms with van der Waals surface area (Å²) in [4.78, 5) is 26.2. The minimum Gasteiger partial charge on any atom is -0.508 e. The van der Waals surface area contributed by atoms with E-state index in [1.54, 1.807) is 18.2 Å². The van der Waals surface area contributed by atoms with Gasteiger partial charge in [-0.1, -0.05) is 27.2 Å². The highest BCUT2D eigenvalue weighted by Gasteiger charge is 2.40. The first-order valence-corrected chi connectivity index (χ1v) is 9.12. The number of likely N-dealkylation sites (N-methyl/N-ethyl adjacent to an activating group) is 1. The molecule has 2 aromatic carbocycles. The predicted molar refractivity (Wildman–Crippen MR) is 104 cm³/mol. The second kappa shape index (κ2) is 6.63. The summed E-state index contributed by atoms with van der Waals surface area (Å²) in [7, 11) is 0. The van der Waals surface area contributed by atoms with Crippen LogP contribution in [0.2, 0.25) is 0 Å². The van der Waals surface area contributed by atoms with E-state index < -0.39 is 16.3 Å². The topological polar surface area (TPSA) is 66.8 Å². The van der Waals surface area contributed by atoms with Crippen LogP contribution < -0.4 is 20.5 Å². The first-order valence-electron chi connectivity index (χ1n) is 9.12. The van der Waals surface area contributed by atoms with Crippen molar-refractivity contribution in [3.05, 3.63) is 55.5 Å². The number of benzene rings is 1. The summed E-state index contributed by atoms with van der Waals surface area (Å²) in [6.45, 7) is 9.33. The second-order valence-electron chi connectivity index (χ2n) is 7.20. The van der Waals surface area contributed by atoms with Crippen LogP contribution in [0.25, 0.3) is 6.08 Å². The molecule has 0 saturated heterocycles. The van der Waals surface area contributed by atoms with Crippen molar-refractivity contribution in [3.8, 4) is 11.5 Å². The molecule has 5 heteroatoms. The number of allylic oxidation sites excluding steroid dienone is 1. The molecule has 3 rings (SSSR count). The Morgan fingerprint density at radius 1 is 1.19 bits per heavy atom. The van der Waals surface area contributed by atoms with Crippen molar-refractivity contribution in [1.82, 2.24) is 0 Å². The summed E-state index contributed by atoms with van der Waals surface area (Å²) >= 11 is 0. The monoisotopic (exact) mass is 355 g/mol. The summed E-state index contributed by atoms with van der Waals surface area (Å²) in [5.41, 5.74) is 1.85. The molecule has 0 amide bonds. The third-order valence-electron chi connectivity index (χ3n) is 5.12. The van der Waals surface area contributed by atoms with Crippen LogP contribution in [0.1, 0.15) is 51.7 Å². The van der Waals surface area contributed by atoms with Gasteiger partial charge in [0.05, 0.1) is 12.2 Å². The summed E-state index contributed by atoms with van der Waals surface area (Å²) in [5.74, 6) is 0.397. The molecule has 0 unspecified atom stereocenters. The van der Waals surface area contributed by atoms with E-state index in [-0.39, 0.29) is 11.5 Å². The van der Waals surface area contributed by atoms with Crippen LogP contribution in [0.15, 0.2) is 33.5 Å². The summed E-state index contributed by atoms with van der Waals surface area (Å²) in [6, 6.07) is 5.31. The smallest absolute Gasteiger partial charge is 0.268 e. The third kappa shape index (κ3) is 2.71. The summed E-state index contributed by atoms with van der Waals surface area (Å²) in [5, 5.41) is 9.89. The van der Waals surface area contributed by atoms with Gasteiger partial charge in [-0.3, -0.25) is 9.59 Å². The van der Waals surface area contributed by atoms with E-state index in [0.717, 1.165) is 29.8 Å². The molecular formula is C21H25NO4. The Morgan fingerprint density at radius 3 is 2.58 bits per heavy atom. The molecule has 1 N–H and O–H groups in total. The number of fused-ring (bicyclic) bond motifs is 1. The largest absolute Gasteiger partial charge is 0.508 e.